The predicted octanol–water partition coefficient (Wildman–Crippen LogP) is 4.71. The second kappa shape index (κ2) is 8.81. The number of benzene rings is 3. The highest BCUT2D eigenvalue weighted by atomic mass is 16.6. The number of carbonyl (C=O) groups is 2. The van der Waals surface area contributed by atoms with Crippen molar-refractivity contribution in [1.29, 1.82) is 0 Å². The minimum atomic E-state index is -0.360. The molecule has 0 amide bonds. The second-order valence-electron chi connectivity index (χ2n) is 6.07. The van der Waals surface area contributed by atoms with Crippen LogP contribution in [0.15, 0.2) is 72.8 Å². The van der Waals surface area contributed by atoms with Crippen molar-refractivity contribution in [3.63, 3.8) is 0 Å². The van der Waals surface area contributed by atoms with Crippen LogP contribution in [0.3, 0.4) is 0 Å². The van der Waals surface area contributed by atoms with Crippen LogP contribution in [-0.2, 0) is 4.74 Å². The summed E-state index contributed by atoms with van der Waals surface area (Å²) in [4.78, 5) is 22.8. The Morgan fingerprint density at radius 1 is 0.926 bits per heavy atom. The second-order valence-corrected chi connectivity index (χ2v) is 6.07. The molecule has 3 aromatic rings. The SMILES string of the molecule is Cc1cc(OCCOC(=O)c2ccccc2)ccc1-c1cccc(C=O)c1. The largest absolute Gasteiger partial charge is 0.490 e. The minimum absolute atomic E-state index is 0.176. The molecule has 3 aromatic carbocycles. The molecule has 0 saturated carbocycles. The van der Waals surface area contributed by atoms with Gasteiger partial charge in [-0.25, -0.2) is 4.79 Å². The van der Waals surface area contributed by atoms with E-state index in [9.17, 15) is 9.59 Å². The summed E-state index contributed by atoms with van der Waals surface area (Å²) in [5.74, 6) is 0.347. The van der Waals surface area contributed by atoms with Crippen molar-refractivity contribution < 1.29 is 19.1 Å². The fourth-order valence-electron chi connectivity index (χ4n) is 2.78. The van der Waals surface area contributed by atoms with Crippen LogP contribution in [-0.4, -0.2) is 25.5 Å². The number of esters is 1. The normalized spacial score (nSPS) is 10.3. The van der Waals surface area contributed by atoms with Gasteiger partial charge in [0.15, 0.2) is 0 Å². The Morgan fingerprint density at radius 3 is 2.48 bits per heavy atom. The van der Waals surface area contributed by atoms with E-state index in [2.05, 4.69) is 0 Å². The van der Waals surface area contributed by atoms with Gasteiger partial charge in [0.2, 0.25) is 0 Å². The third kappa shape index (κ3) is 4.82. The van der Waals surface area contributed by atoms with Crippen molar-refractivity contribution >= 4 is 12.3 Å². The molecule has 0 unspecified atom stereocenters. The van der Waals surface area contributed by atoms with Gasteiger partial charge >= 0.3 is 5.97 Å². The topological polar surface area (TPSA) is 52.6 Å². The van der Waals surface area contributed by atoms with E-state index in [-0.39, 0.29) is 19.2 Å². The van der Waals surface area contributed by atoms with Crippen molar-refractivity contribution in [2.75, 3.05) is 13.2 Å². The fourth-order valence-corrected chi connectivity index (χ4v) is 2.78. The van der Waals surface area contributed by atoms with Crippen LogP contribution in [0.2, 0.25) is 0 Å². The zero-order chi connectivity index (χ0) is 19.1. The maximum Gasteiger partial charge on any atom is 0.338 e. The number of aryl methyl sites for hydroxylation is 1. The van der Waals surface area contributed by atoms with Gasteiger partial charge in [-0.15, -0.1) is 0 Å². The lowest BCUT2D eigenvalue weighted by Crippen LogP contribution is -2.12. The van der Waals surface area contributed by atoms with E-state index in [1.165, 1.54) is 0 Å². The molecule has 0 aliphatic rings. The number of ether oxygens (including phenoxy) is 2. The molecule has 0 bridgehead atoms. The van der Waals surface area contributed by atoms with E-state index >= 15 is 0 Å². The van der Waals surface area contributed by atoms with Crippen molar-refractivity contribution in [3.05, 3.63) is 89.5 Å². The molecule has 0 heterocycles. The molecule has 0 aliphatic heterocycles. The van der Waals surface area contributed by atoms with Crippen molar-refractivity contribution in [3.8, 4) is 16.9 Å². The average molecular weight is 360 g/mol. The number of aldehydes is 1. The quantitative estimate of drug-likeness (QED) is 0.348. The lowest BCUT2D eigenvalue weighted by molar-refractivity contribution is 0.0450. The Morgan fingerprint density at radius 2 is 1.74 bits per heavy atom. The van der Waals surface area contributed by atoms with Gasteiger partial charge in [0, 0.05) is 5.56 Å². The highest BCUT2D eigenvalue weighted by Gasteiger charge is 2.07. The van der Waals surface area contributed by atoms with Crippen LogP contribution < -0.4 is 4.74 Å². The smallest absolute Gasteiger partial charge is 0.338 e. The van der Waals surface area contributed by atoms with E-state index in [0.29, 0.717) is 16.9 Å². The summed E-state index contributed by atoms with van der Waals surface area (Å²) in [7, 11) is 0. The minimum Gasteiger partial charge on any atom is -0.490 e. The molecule has 4 heteroatoms. The first kappa shape index (κ1) is 18.4. The van der Waals surface area contributed by atoms with Gasteiger partial charge < -0.3 is 9.47 Å². The highest BCUT2D eigenvalue weighted by molar-refractivity contribution is 5.89. The molecule has 0 saturated heterocycles. The summed E-state index contributed by atoms with van der Waals surface area (Å²) >= 11 is 0. The number of hydrogen-bond donors (Lipinski definition) is 0. The summed E-state index contributed by atoms with van der Waals surface area (Å²) in [6, 6.07) is 22.1. The summed E-state index contributed by atoms with van der Waals surface area (Å²) in [5.41, 5.74) is 4.24. The van der Waals surface area contributed by atoms with Crippen LogP contribution >= 0.6 is 0 Å². The Bertz CT molecular complexity index is 932. The summed E-state index contributed by atoms with van der Waals surface area (Å²) in [6.07, 6.45) is 0.840. The van der Waals surface area contributed by atoms with Gasteiger partial charge in [0.25, 0.3) is 0 Å². The molecule has 27 heavy (non-hydrogen) atoms. The predicted molar refractivity (Wildman–Crippen MR) is 104 cm³/mol. The lowest BCUT2D eigenvalue weighted by atomic mass is 9.99. The molecular formula is C23H20O4. The first-order chi connectivity index (χ1) is 13.2. The van der Waals surface area contributed by atoms with Crippen LogP contribution in [0, 0.1) is 6.92 Å². The molecule has 0 aliphatic carbocycles. The van der Waals surface area contributed by atoms with Crippen LogP contribution in [0.25, 0.3) is 11.1 Å². The van der Waals surface area contributed by atoms with Gasteiger partial charge in [0.05, 0.1) is 5.56 Å². The van der Waals surface area contributed by atoms with E-state index in [1.54, 1.807) is 30.3 Å². The number of rotatable bonds is 7. The lowest BCUT2D eigenvalue weighted by Gasteiger charge is -2.11. The van der Waals surface area contributed by atoms with Gasteiger partial charge in [0.1, 0.15) is 25.2 Å². The summed E-state index contributed by atoms with van der Waals surface area (Å²) < 4.78 is 10.9. The van der Waals surface area contributed by atoms with E-state index in [0.717, 1.165) is 23.0 Å². The van der Waals surface area contributed by atoms with Crippen LogP contribution in [0.4, 0.5) is 0 Å². The molecule has 3 rings (SSSR count). The summed E-state index contributed by atoms with van der Waals surface area (Å²) in [6.45, 7) is 2.44. The molecule has 0 fully saturated rings. The highest BCUT2D eigenvalue weighted by Crippen LogP contribution is 2.27. The standard InChI is InChI=1S/C23H20O4/c1-17-14-21(10-11-22(17)20-9-5-6-18(15-20)16-24)26-12-13-27-23(25)19-7-3-2-4-8-19/h2-11,14-16H,12-13H2,1H3. The zero-order valence-electron chi connectivity index (χ0n) is 15.1. The van der Waals surface area contributed by atoms with Crippen LogP contribution in [0.1, 0.15) is 26.3 Å². The third-order valence-corrected chi connectivity index (χ3v) is 4.13. The average Bonchev–Trinajstić information content (AvgIpc) is 2.72. The van der Waals surface area contributed by atoms with Gasteiger partial charge in [-0.1, -0.05) is 42.5 Å². The van der Waals surface area contributed by atoms with Gasteiger partial charge in [-0.05, 0) is 53.9 Å². The number of hydrogen-bond acceptors (Lipinski definition) is 4. The first-order valence-electron chi connectivity index (χ1n) is 8.68. The van der Waals surface area contributed by atoms with Crippen molar-refractivity contribution in [2.24, 2.45) is 0 Å². The van der Waals surface area contributed by atoms with Crippen LogP contribution in [0.5, 0.6) is 5.75 Å². The Labute approximate surface area is 158 Å². The number of carbonyl (C=O) groups excluding carboxylic acids is 2. The van der Waals surface area contributed by atoms with Crippen molar-refractivity contribution in [1.82, 2.24) is 0 Å². The zero-order valence-corrected chi connectivity index (χ0v) is 15.1. The maximum atomic E-state index is 11.9. The molecule has 0 N–H and O–H groups in total. The summed E-state index contributed by atoms with van der Waals surface area (Å²) in [5, 5.41) is 0. The Kier molecular flexibility index (Phi) is 6.00. The maximum absolute atomic E-state index is 11.9. The van der Waals surface area contributed by atoms with Gasteiger partial charge in [-0.2, -0.15) is 0 Å². The molecular weight excluding hydrogens is 340 g/mol. The van der Waals surface area contributed by atoms with E-state index < -0.39 is 0 Å². The molecule has 136 valence electrons. The van der Waals surface area contributed by atoms with Crippen molar-refractivity contribution in [2.45, 2.75) is 6.92 Å². The molecule has 0 radical (unpaired) electrons. The monoisotopic (exact) mass is 360 g/mol. The first-order valence-corrected chi connectivity index (χ1v) is 8.68. The molecule has 0 aromatic heterocycles. The Hall–Kier alpha value is -3.40. The molecule has 0 spiro atoms. The van der Waals surface area contributed by atoms with E-state index in [4.69, 9.17) is 9.47 Å². The third-order valence-electron chi connectivity index (χ3n) is 4.13. The molecule has 0 atom stereocenters. The Balaban J connectivity index is 1.56. The van der Waals surface area contributed by atoms with Gasteiger partial charge in [-0.3, -0.25) is 4.79 Å². The van der Waals surface area contributed by atoms with E-state index in [1.807, 2.05) is 49.4 Å². The fraction of sp³-hybridized carbons (Fsp3) is 0.130. The molecule has 4 nitrogen and oxygen atoms in total.